The molecule has 0 spiro atoms. The van der Waals surface area contributed by atoms with Gasteiger partial charge in [-0.15, -0.1) is 0 Å². The van der Waals surface area contributed by atoms with Gasteiger partial charge in [0.15, 0.2) is 0 Å². The Balaban J connectivity index is 1.60. The number of hydrogen-bond donors (Lipinski definition) is 3. The number of rotatable bonds is 5. The molecule has 0 saturated carbocycles. The Bertz CT molecular complexity index is 1180. The van der Waals surface area contributed by atoms with Crippen molar-refractivity contribution in [2.75, 3.05) is 5.32 Å². The summed E-state index contributed by atoms with van der Waals surface area (Å²) in [5.74, 6) is -0.774. The third kappa shape index (κ3) is 4.39. The number of amides is 2. The predicted molar refractivity (Wildman–Crippen MR) is 113 cm³/mol. The average molecular weight is 382 g/mol. The highest BCUT2D eigenvalue weighted by Crippen LogP contribution is 2.17. The smallest absolute Gasteiger partial charge is 0.272 e. The normalized spacial score (nSPS) is 11.2. The highest BCUT2D eigenvalue weighted by atomic mass is 16.2. The van der Waals surface area contributed by atoms with Crippen LogP contribution in [0.4, 0.5) is 5.69 Å². The lowest BCUT2D eigenvalue weighted by atomic mass is 10.1. The Hall–Kier alpha value is -4.19. The number of fused-ring (bicyclic) bond motifs is 1. The number of carbonyl (C=O) groups excluding carboxylic acids is 2. The topological polar surface area (TPSA) is 86.9 Å². The lowest BCUT2D eigenvalue weighted by Crippen LogP contribution is -2.30. The van der Waals surface area contributed by atoms with Crippen LogP contribution >= 0.6 is 0 Å². The van der Waals surface area contributed by atoms with Crippen LogP contribution in [0.3, 0.4) is 0 Å². The molecule has 0 aliphatic rings. The van der Waals surface area contributed by atoms with Gasteiger partial charge in [-0.3, -0.25) is 14.7 Å². The molecule has 0 unspecified atom stereocenters. The summed E-state index contributed by atoms with van der Waals surface area (Å²) in [6, 6.07) is 23.5. The molecule has 29 heavy (non-hydrogen) atoms. The maximum absolute atomic E-state index is 12.9. The highest BCUT2D eigenvalue weighted by molar-refractivity contribution is 6.11. The maximum Gasteiger partial charge on any atom is 0.272 e. The fraction of sp³-hybridized carbons (Fsp3) is 0. The zero-order valence-electron chi connectivity index (χ0n) is 15.4. The molecule has 1 heterocycles. The van der Waals surface area contributed by atoms with Gasteiger partial charge in [0.05, 0.1) is 11.7 Å². The number of benzene rings is 3. The minimum absolute atomic E-state index is 0.148. The lowest BCUT2D eigenvalue weighted by molar-refractivity contribution is -0.113. The van der Waals surface area contributed by atoms with E-state index in [-0.39, 0.29) is 11.6 Å². The molecule has 6 heteroatoms. The number of nitrogens with zero attached hydrogens (tertiary/aromatic N) is 1. The van der Waals surface area contributed by atoms with Gasteiger partial charge in [0.25, 0.3) is 11.8 Å². The van der Waals surface area contributed by atoms with Gasteiger partial charge in [-0.1, -0.05) is 48.5 Å². The Morgan fingerprint density at radius 2 is 1.62 bits per heavy atom. The molecule has 1 aromatic heterocycles. The first kappa shape index (κ1) is 18.2. The van der Waals surface area contributed by atoms with Crippen LogP contribution in [0.5, 0.6) is 0 Å². The van der Waals surface area contributed by atoms with Crippen molar-refractivity contribution in [3.05, 3.63) is 102 Å². The Kier molecular flexibility index (Phi) is 5.16. The number of H-pyrrole nitrogens is 1. The molecule has 0 aliphatic heterocycles. The zero-order chi connectivity index (χ0) is 20.1. The molecule has 0 fully saturated rings. The predicted octanol–water partition coefficient (Wildman–Crippen LogP) is 3.97. The van der Waals surface area contributed by atoms with E-state index >= 15 is 0 Å². The van der Waals surface area contributed by atoms with Gasteiger partial charge in [-0.25, -0.2) is 0 Å². The number of anilines is 1. The van der Waals surface area contributed by atoms with E-state index in [1.165, 1.54) is 0 Å². The molecule has 142 valence electrons. The maximum atomic E-state index is 12.9. The molecule has 4 aromatic rings. The molecule has 4 rings (SSSR count). The van der Waals surface area contributed by atoms with Crippen LogP contribution in [0.15, 0.2) is 90.8 Å². The van der Waals surface area contributed by atoms with Crippen molar-refractivity contribution in [3.8, 4) is 0 Å². The zero-order valence-corrected chi connectivity index (χ0v) is 15.4. The van der Waals surface area contributed by atoms with Crippen molar-refractivity contribution in [3.63, 3.8) is 0 Å². The summed E-state index contributed by atoms with van der Waals surface area (Å²) in [6.45, 7) is 0. The quantitative estimate of drug-likeness (QED) is 0.457. The molecule has 3 aromatic carbocycles. The summed E-state index contributed by atoms with van der Waals surface area (Å²) in [7, 11) is 0. The van der Waals surface area contributed by atoms with E-state index in [0.717, 1.165) is 16.5 Å². The molecule has 2 amide bonds. The number of aromatic amines is 1. The molecule has 3 N–H and O–H groups in total. The van der Waals surface area contributed by atoms with Crippen LogP contribution in [-0.2, 0) is 4.79 Å². The Morgan fingerprint density at radius 1 is 0.897 bits per heavy atom. The third-order valence-corrected chi connectivity index (χ3v) is 4.34. The summed E-state index contributed by atoms with van der Waals surface area (Å²) in [5, 5.41) is 13.3. The number of aromatic nitrogens is 2. The molecule has 0 saturated heterocycles. The Labute approximate surface area is 167 Å². The second kappa shape index (κ2) is 8.22. The summed E-state index contributed by atoms with van der Waals surface area (Å²) in [5.41, 5.74) is 2.83. The van der Waals surface area contributed by atoms with Crippen molar-refractivity contribution in [1.82, 2.24) is 15.5 Å². The van der Waals surface area contributed by atoms with E-state index in [1.807, 2.05) is 42.5 Å². The van der Waals surface area contributed by atoms with Crippen LogP contribution < -0.4 is 10.6 Å². The van der Waals surface area contributed by atoms with Crippen molar-refractivity contribution in [1.29, 1.82) is 0 Å². The van der Waals surface area contributed by atoms with Gasteiger partial charge in [-0.05, 0) is 42.0 Å². The van der Waals surface area contributed by atoms with Gasteiger partial charge in [-0.2, -0.15) is 5.10 Å². The van der Waals surface area contributed by atoms with Crippen LogP contribution in [0.1, 0.15) is 15.9 Å². The fourth-order valence-corrected chi connectivity index (χ4v) is 2.87. The first-order chi connectivity index (χ1) is 14.2. The summed E-state index contributed by atoms with van der Waals surface area (Å²) in [4.78, 5) is 25.5. The molecular weight excluding hydrogens is 364 g/mol. The van der Waals surface area contributed by atoms with Crippen LogP contribution in [0, 0.1) is 0 Å². The van der Waals surface area contributed by atoms with Gasteiger partial charge in [0, 0.05) is 16.6 Å². The van der Waals surface area contributed by atoms with E-state index in [1.54, 1.807) is 48.7 Å². The van der Waals surface area contributed by atoms with E-state index in [4.69, 9.17) is 0 Å². The molecule has 0 aliphatic carbocycles. The van der Waals surface area contributed by atoms with Crippen molar-refractivity contribution >= 4 is 34.5 Å². The minimum atomic E-state index is -0.419. The van der Waals surface area contributed by atoms with Crippen molar-refractivity contribution in [2.45, 2.75) is 0 Å². The van der Waals surface area contributed by atoms with Gasteiger partial charge in [0.1, 0.15) is 5.70 Å². The van der Waals surface area contributed by atoms with Crippen molar-refractivity contribution in [2.24, 2.45) is 0 Å². The van der Waals surface area contributed by atoms with Crippen molar-refractivity contribution < 1.29 is 9.59 Å². The van der Waals surface area contributed by atoms with Crippen LogP contribution in [0.2, 0.25) is 0 Å². The monoisotopic (exact) mass is 382 g/mol. The number of hydrogen-bond acceptors (Lipinski definition) is 3. The molecule has 0 atom stereocenters. The van der Waals surface area contributed by atoms with Gasteiger partial charge in [0.2, 0.25) is 0 Å². The van der Waals surface area contributed by atoms with E-state index in [0.29, 0.717) is 11.3 Å². The van der Waals surface area contributed by atoms with Gasteiger partial charge >= 0.3 is 0 Å². The molecule has 0 radical (unpaired) electrons. The number of nitrogens with one attached hydrogen (secondary N) is 3. The second-order valence-corrected chi connectivity index (χ2v) is 6.42. The number of carbonyl (C=O) groups is 2. The van der Waals surface area contributed by atoms with Crippen LogP contribution in [-0.4, -0.2) is 22.0 Å². The fourth-order valence-electron chi connectivity index (χ4n) is 2.87. The molecular formula is C23H18N4O2. The summed E-state index contributed by atoms with van der Waals surface area (Å²) in [6.07, 6.45) is 3.35. The molecule has 0 bridgehead atoms. The SMILES string of the molecule is O=C(Nc1ccc2cn[nH]c2c1)/C(=C\c1ccccc1)NC(=O)c1ccccc1. The summed E-state index contributed by atoms with van der Waals surface area (Å²) >= 11 is 0. The van der Waals surface area contributed by atoms with E-state index in [9.17, 15) is 9.59 Å². The van der Waals surface area contributed by atoms with E-state index < -0.39 is 5.91 Å². The first-order valence-electron chi connectivity index (χ1n) is 9.07. The third-order valence-electron chi connectivity index (χ3n) is 4.34. The second-order valence-electron chi connectivity index (χ2n) is 6.42. The largest absolute Gasteiger partial charge is 0.321 e. The molecule has 6 nitrogen and oxygen atoms in total. The Morgan fingerprint density at radius 3 is 2.38 bits per heavy atom. The lowest BCUT2D eigenvalue weighted by Gasteiger charge is -2.11. The minimum Gasteiger partial charge on any atom is -0.321 e. The highest BCUT2D eigenvalue weighted by Gasteiger charge is 2.15. The van der Waals surface area contributed by atoms with E-state index in [2.05, 4.69) is 20.8 Å². The van der Waals surface area contributed by atoms with Crippen LogP contribution in [0.25, 0.3) is 17.0 Å². The standard InChI is InChI=1S/C23H18N4O2/c28-22(17-9-5-2-6-10-17)26-21(13-16-7-3-1-4-8-16)23(29)25-19-12-11-18-15-24-27-20(18)14-19/h1-15H,(H,24,27)(H,25,29)(H,26,28)/b21-13+. The van der Waals surface area contributed by atoms with Gasteiger partial charge < -0.3 is 10.6 Å². The first-order valence-corrected chi connectivity index (χ1v) is 9.07. The summed E-state index contributed by atoms with van der Waals surface area (Å²) < 4.78 is 0. The average Bonchev–Trinajstić information content (AvgIpc) is 3.22.